The van der Waals surface area contributed by atoms with Gasteiger partial charge in [0.15, 0.2) is 16.5 Å². The molecule has 6 heteroatoms. The Morgan fingerprint density at radius 2 is 1.00 bits per heavy atom. The lowest BCUT2D eigenvalue weighted by Gasteiger charge is -2.34. The normalized spacial score (nSPS) is 17.6. The molecule has 0 bridgehead atoms. The highest BCUT2D eigenvalue weighted by molar-refractivity contribution is 6.73. The molecule has 172 valence electrons. The van der Waals surface area contributed by atoms with E-state index in [-0.39, 0.29) is 0 Å². The third-order valence-corrected chi connectivity index (χ3v) is 9.38. The Hall–Kier alpha value is -2.19. The van der Waals surface area contributed by atoms with Crippen LogP contribution in [0.4, 0.5) is 0 Å². The van der Waals surface area contributed by atoms with Gasteiger partial charge in [-0.05, 0) is 30.4 Å². The lowest BCUT2D eigenvalue weighted by molar-refractivity contribution is 0.435. The van der Waals surface area contributed by atoms with Crippen LogP contribution in [0.2, 0.25) is 39.3 Å². The largest absolute Gasteiger partial charge is 0.320 e. The summed E-state index contributed by atoms with van der Waals surface area (Å²) in [5.41, 5.74) is 5.25. The minimum atomic E-state index is -1.59. The zero-order valence-corrected chi connectivity index (χ0v) is 22.8. The van der Waals surface area contributed by atoms with Gasteiger partial charge in [0.25, 0.3) is 0 Å². The van der Waals surface area contributed by atoms with Crippen molar-refractivity contribution in [1.82, 2.24) is 9.35 Å². The van der Waals surface area contributed by atoms with Gasteiger partial charge in [-0.25, -0.2) is 0 Å². The molecule has 1 aliphatic rings. The summed E-state index contributed by atoms with van der Waals surface area (Å²) in [4.78, 5) is 0. The summed E-state index contributed by atoms with van der Waals surface area (Å²) in [5.74, 6) is 0. The molecular formula is C26H40N4Si2. The maximum Gasteiger partial charge on any atom is 0.169 e. The molecule has 0 aromatic heterocycles. The van der Waals surface area contributed by atoms with Crippen molar-refractivity contribution < 1.29 is 0 Å². The molecule has 1 fully saturated rings. The van der Waals surface area contributed by atoms with E-state index in [1.54, 1.807) is 0 Å². The Morgan fingerprint density at radius 1 is 0.625 bits per heavy atom. The van der Waals surface area contributed by atoms with Gasteiger partial charge in [0.2, 0.25) is 0 Å². The van der Waals surface area contributed by atoms with Crippen molar-refractivity contribution >= 4 is 27.9 Å². The molecule has 0 radical (unpaired) electrons. The second kappa shape index (κ2) is 10.6. The van der Waals surface area contributed by atoms with Crippen LogP contribution in [0.15, 0.2) is 70.9 Å². The Labute approximate surface area is 197 Å². The summed E-state index contributed by atoms with van der Waals surface area (Å²) >= 11 is 0. The van der Waals surface area contributed by atoms with Crippen LogP contribution >= 0.6 is 0 Å². The summed E-state index contributed by atoms with van der Waals surface area (Å²) in [6.45, 7) is 16.1. The van der Waals surface area contributed by atoms with Gasteiger partial charge in [0.1, 0.15) is 0 Å². The lowest BCUT2D eigenvalue weighted by atomic mass is 9.97. The molecule has 4 nitrogen and oxygen atoms in total. The molecule has 3 rings (SSSR count). The smallest absolute Gasteiger partial charge is 0.169 e. The van der Waals surface area contributed by atoms with Crippen LogP contribution in [0.5, 0.6) is 0 Å². The highest BCUT2D eigenvalue weighted by atomic mass is 28.3. The van der Waals surface area contributed by atoms with Gasteiger partial charge < -0.3 is 9.35 Å². The van der Waals surface area contributed by atoms with E-state index < -0.39 is 16.5 Å². The van der Waals surface area contributed by atoms with Gasteiger partial charge in [-0.1, -0.05) is 99.9 Å². The Balaban J connectivity index is 1.79. The summed E-state index contributed by atoms with van der Waals surface area (Å²) in [6.07, 6.45) is 4.22. The van der Waals surface area contributed by atoms with Gasteiger partial charge in [-0.15, -0.1) is 0 Å². The second-order valence-electron chi connectivity index (χ2n) is 10.8. The number of hydrogen-bond donors (Lipinski definition) is 0. The molecule has 1 saturated carbocycles. The predicted octanol–water partition coefficient (Wildman–Crippen LogP) is 6.95. The van der Waals surface area contributed by atoms with Gasteiger partial charge in [0.05, 0.1) is 13.1 Å². The molecule has 2 aromatic rings. The van der Waals surface area contributed by atoms with Crippen molar-refractivity contribution in [3.8, 4) is 0 Å². The fraction of sp³-hybridized carbons (Fsp3) is 0.462. The second-order valence-corrected chi connectivity index (χ2v) is 20.5. The van der Waals surface area contributed by atoms with Crippen LogP contribution in [0.1, 0.15) is 36.8 Å². The first-order chi connectivity index (χ1) is 15.1. The fourth-order valence-electron chi connectivity index (χ4n) is 3.78. The maximum absolute atomic E-state index is 5.23. The third kappa shape index (κ3) is 7.45. The molecule has 2 aromatic carbocycles. The summed E-state index contributed by atoms with van der Waals surface area (Å²) in [5, 5.41) is 10.5. The molecule has 0 atom stereocenters. The van der Waals surface area contributed by atoms with Crippen LogP contribution in [0.25, 0.3) is 0 Å². The summed E-state index contributed by atoms with van der Waals surface area (Å²) in [6, 6.07) is 21.5. The van der Waals surface area contributed by atoms with Crippen LogP contribution in [0, 0.1) is 0 Å². The molecule has 0 heterocycles. The zero-order chi connectivity index (χ0) is 23.2. The van der Waals surface area contributed by atoms with Crippen molar-refractivity contribution in [3.63, 3.8) is 0 Å². The third-order valence-electron chi connectivity index (χ3n) is 5.76. The van der Waals surface area contributed by atoms with E-state index in [2.05, 4.69) is 109 Å². The summed E-state index contributed by atoms with van der Waals surface area (Å²) < 4.78 is 4.78. The van der Waals surface area contributed by atoms with Crippen molar-refractivity contribution in [2.24, 2.45) is 10.2 Å². The number of rotatable bonds is 8. The molecule has 0 saturated heterocycles. The first-order valence-electron chi connectivity index (χ1n) is 11.9. The minimum absolute atomic E-state index is 0.890. The minimum Gasteiger partial charge on any atom is -0.320 e. The van der Waals surface area contributed by atoms with E-state index in [9.17, 15) is 0 Å². The topological polar surface area (TPSA) is 31.2 Å². The Bertz CT molecular complexity index is 837. The maximum atomic E-state index is 5.23. The lowest BCUT2D eigenvalue weighted by Crippen LogP contribution is -2.43. The number of hydrazone groups is 2. The zero-order valence-electron chi connectivity index (χ0n) is 20.8. The van der Waals surface area contributed by atoms with Crippen molar-refractivity contribution in [1.29, 1.82) is 0 Å². The highest BCUT2D eigenvalue weighted by Gasteiger charge is 2.27. The van der Waals surface area contributed by atoms with Gasteiger partial charge in [0, 0.05) is 17.8 Å². The monoisotopic (exact) mass is 464 g/mol. The van der Waals surface area contributed by atoms with Crippen molar-refractivity contribution in [2.75, 3.05) is 0 Å². The van der Waals surface area contributed by atoms with Gasteiger partial charge in [-0.2, -0.15) is 10.2 Å². The van der Waals surface area contributed by atoms with Crippen molar-refractivity contribution in [3.05, 3.63) is 71.8 Å². The predicted molar refractivity (Wildman–Crippen MR) is 144 cm³/mol. The van der Waals surface area contributed by atoms with Gasteiger partial charge >= 0.3 is 0 Å². The van der Waals surface area contributed by atoms with E-state index in [1.165, 1.54) is 22.6 Å². The quantitative estimate of drug-likeness (QED) is 0.313. The first kappa shape index (κ1) is 24.5. The van der Waals surface area contributed by atoms with E-state index in [4.69, 9.17) is 10.2 Å². The molecule has 0 aliphatic heterocycles. The highest BCUT2D eigenvalue weighted by Crippen LogP contribution is 2.22. The molecule has 1 aliphatic carbocycles. The van der Waals surface area contributed by atoms with Gasteiger partial charge in [-0.3, -0.25) is 0 Å². The van der Waals surface area contributed by atoms with E-state index in [1.807, 2.05) is 0 Å². The summed E-state index contributed by atoms with van der Waals surface area (Å²) in [7, 11) is -3.17. The van der Waals surface area contributed by atoms with Crippen LogP contribution < -0.4 is 0 Å². The van der Waals surface area contributed by atoms with E-state index in [0.29, 0.717) is 0 Å². The molecule has 32 heavy (non-hydrogen) atoms. The number of hydrogen-bond acceptors (Lipinski definition) is 4. The number of nitrogens with zero attached hydrogens (tertiary/aromatic N) is 4. The first-order valence-corrected chi connectivity index (χ1v) is 18.8. The van der Waals surface area contributed by atoms with Crippen molar-refractivity contribution in [2.45, 2.75) is 78.1 Å². The Kier molecular flexibility index (Phi) is 8.12. The average Bonchev–Trinajstić information content (AvgIpc) is 2.73. The molecule has 0 N–H and O–H groups in total. The van der Waals surface area contributed by atoms with Crippen LogP contribution in [-0.4, -0.2) is 37.2 Å². The van der Waals surface area contributed by atoms with Crippen LogP contribution in [-0.2, 0) is 13.1 Å². The standard InChI is InChI=1S/C26H40N4Si2/c1-31(2,3)29(21-23-14-9-7-10-15-23)27-25-18-13-19-26(20-25)28-30(32(4,5)6)22-24-16-11-8-12-17-24/h7-12,14-17H,13,18-22H2,1-6H3/b27-25-,28-26+. The fourth-order valence-corrected chi connectivity index (χ4v) is 5.98. The average molecular weight is 465 g/mol. The molecular weight excluding hydrogens is 424 g/mol. The SMILES string of the molecule is C[Si](C)(C)N(Cc1ccccc1)/N=C1/CCC/C(=N\N(Cc2ccccc2)[Si](C)(C)C)C1. The van der Waals surface area contributed by atoms with E-state index >= 15 is 0 Å². The Morgan fingerprint density at radius 3 is 1.34 bits per heavy atom. The van der Waals surface area contributed by atoms with Crippen LogP contribution in [0.3, 0.4) is 0 Å². The number of benzene rings is 2. The molecule has 0 amide bonds. The molecule has 0 spiro atoms. The van der Waals surface area contributed by atoms with E-state index in [0.717, 1.165) is 38.8 Å². The molecule has 0 unspecified atom stereocenters.